The number of ether oxygens (including phenoxy) is 1. The highest BCUT2D eigenvalue weighted by molar-refractivity contribution is 4.77. The Morgan fingerprint density at radius 1 is 1.21 bits per heavy atom. The lowest BCUT2D eigenvalue weighted by Crippen LogP contribution is -2.43. The molecule has 2 nitrogen and oxygen atoms in total. The SMILES string of the molecule is CCC(CC)C(C)NC1CCOCC1. The Morgan fingerprint density at radius 3 is 2.29 bits per heavy atom. The van der Waals surface area contributed by atoms with Crippen LogP contribution in [0.25, 0.3) is 0 Å². The van der Waals surface area contributed by atoms with E-state index < -0.39 is 0 Å². The van der Waals surface area contributed by atoms with Gasteiger partial charge in [0.25, 0.3) is 0 Å². The largest absolute Gasteiger partial charge is 0.381 e. The van der Waals surface area contributed by atoms with Crippen molar-refractivity contribution in [2.45, 2.75) is 58.5 Å². The Morgan fingerprint density at radius 2 is 1.79 bits per heavy atom. The minimum atomic E-state index is 0.660. The number of hydrogen-bond acceptors (Lipinski definition) is 2. The van der Waals surface area contributed by atoms with Crippen LogP contribution in [-0.4, -0.2) is 25.3 Å². The maximum absolute atomic E-state index is 5.35. The maximum Gasteiger partial charge on any atom is 0.0480 e. The molecule has 1 rings (SSSR count). The number of rotatable bonds is 5. The summed E-state index contributed by atoms with van der Waals surface area (Å²) in [6, 6.07) is 1.35. The standard InChI is InChI=1S/C12H25NO/c1-4-11(5-2)10(3)13-12-6-8-14-9-7-12/h10-13H,4-9H2,1-3H3. The molecule has 0 saturated carbocycles. The van der Waals surface area contributed by atoms with Crippen molar-refractivity contribution in [1.82, 2.24) is 5.32 Å². The molecule has 0 aliphatic carbocycles. The van der Waals surface area contributed by atoms with Gasteiger partial charge in [-0.25, -0.2) is 0 Å². The van der Waals surface area contributed by atoms with Crippen molar-refractivity contribution in [2.24, 2.45) is 5.92 Å². The zero-order chi connectivity index (χ0) is 10.4. The second-order valence-corrected chi connectivity index (χ2v) is 4.42. The molecule has 1 aliphatic rings. The van der Waals surface area contributed by atoms with Crippen molar-refractivity contribution < 1.29 is 4.74 Å². The van der Waals surface area contributed by atoms with Crippen LogP contribution in [-0.2, 0) is 4.74 Å². The van der Waals surface area contributed by atoms with E-state index in [1.807, 2.05) is 0 Å². The van der Waals surface area contributed by atoms with Gasteiger partial charge in [-0.2, -0.15) is 0 Å². The maximum atomic E-state index is 5.35. The summed E-state index contributed by atoms with van der Waals surface area (Å²) in [4.78, 5) is 0. The Balaban J connectivity index is 2.26. The van der Waals surface area contributed by atoms with Crippen LogP contribution in [0.1, 0.15) is 46.5 Å². The molecule has 1 saturated heterocycles. The molecule has 2 heteroatoms. The second kappa shape index (κ2) is 6.41. The molecule has 0 aromatic rings. The molecule has 0 amide bonds. The molecule has 1 N–H and O–H groups in total. The monoisotopic (exact) mass is 199 g/mol. The lowest BCUT2D eigenvalue weighted by molar-refractivity contribution is 0.0727. The third-order valence-electron chi connectivity index (χ3n) is 3.48. The van der Waals surface area contributed by atoms with Crippen LogP contribution in [0.15, 0.2) is 0 Å². The Labute approximate surface area is 88.4 Å². The molecule has 0 radical (unpaired) electrons. The fraction of sp³-hybridized carbons (Fsp3) is 1.00. The summed E-state index contributed by atoms with van der Waals surface area (Å²) in [5.74, 6) is 0.831. The van der Waals surface area contributed by atoms with E-state index >= 15 is 0 Å². The Hall–Kier alpha value is -0.0800. The highest BCUT2D eigenvalue weighted by Crippen LogP contribution is 2.15. The number of nitrogens with one attached hydrogen (secondary N) is 1. The first kappa shape index (κ1) is 12.0. The first-order valence-electron chi connectivity index (χ1n) is 6.11. The molecule has 1 heterocycles. The molecule has 1 fully saturated rings. The summed E-state index contributed by atoms with van der Waals surface area (Å²) in [5.41, 5.74) is 0. The van der Waals surface area contributed by atoms with Gasteiger partial charge in [-0.15, -0.1) is 0 Å². The molecule has 1 atom stereocenters. The smallest absolute Gasteiger partial charge is 0.0480 e. The van der Waals surface area contributed by atoms with Gasteiger partial charge in [-0.1, -0.05) is 26.7 Å². The van der Waals surface area contributed by atoms with Crippen LogP contribution in [0.2, 0.25) is 0 Å². The van der Waals surface area contributed by atoms with Gasteiger partial charge in [-0.3, -0.25) is 0 Å². The van der Waals surface area contributed by atoms with Crippen molar-refractivity contribution >= 4 is 0 Å². The number of hydrogen-bond donors (Lipinski definition) is 1. The second-order valence-electron chi connectivity index (χ2n) is 4.42. The van der Waals surface area contributed by atoms with Gasteiger partial charge in [0.05, 0.1) is 0 Å². The predicted molar refractivity (Wildman–Crippen MR) is 60.5 cm³/mol. The van der Waals surface area contributed by atoms with Crippen LogP contribution in [0, 0.1) is 5.92 Å². The van der Waals surface area contributed by atoms with E-state index in [1.165, 1.54) is 25.7 Å². The molecule has 0 aromatic carbocycles. The average molecular weight is 199 g/mol. The van der Waals surface area contributed by atoms with Gasteiger partial charge >= 0.3 is 0 Å². The van der Waals surface area contributed by atoms with Crippen LogP contribution in [0.5, 0.6) is 0 Å². The van der Waals surface area contributed by atoms with Crippen LogP contribution in [0.3, 0.4) is 0 Å². The average Bonchev–Trinajstić information content (AvgIpc) is 2.21. The molecule has 14 heavy (non-hydrogen) atoms. The van der Waals surface area contributed by atoms with Crippen LogP contribution < -0.4 is 5.32 Å². The molecule has 1 aliphatic heterocycles. The molecular weight excluding hydrogens is 174 g/mol. The molecule has 1 unspecified atom stereocenters. The fourth-order valence-corrected chi connectivity index (χ4v) is 2.37. The topological polar surface area (TPSA) is 21.3 Å². The fourth-order valence-electron chi connectivity index (χ4n) is 2.37. The van der Waals surface area contributed by atoms with Crippen molar-refractivity contribution in [2.75, 3.05) is 13.2 Å². The minimum absolute atomic E-state index is 0.660. The summed E-state index contributed by atoms with van der Waals surface area (Å²) >= 11 is 0. The van der Waals surface area contributed by atoms with Gasteiger partial charge in [0.2, 0.25) is 0 Å². The van der Waals surface area contributed by atoms with Crippen molar-refractivity contribution in [1.29, 1.82) is 0 Å². The van der Waals surface area contributed by atoms with E-state index in [9.17, 15) is 0 Å². The Bertz CT molecular complexity index is 139. The van der Waals surface area contributed by atoms with Gasteiger partial charge in [-0.05, 0) is 25.7 Å². The van der Waals surface area contributed by atoms with E-state index in [0.717, 1.165) is 19.1 Å². The first-order chi connectivity index (χ1) is 6.77. The normalized spacial score (nSPS) is 21.4. The van der Waals surface area contributed by atoms with E-state index in [2.05, 4.69) is 26.1 Å². The Kier molecular flexibility index (Phi) is 5.49. The van der Waals surface area contributed by atoms with Gasteiger partial charge in [0.15, 0.2) is 0 Å². The van der Waals surface area contributed by atoms with Gasteiger partial charge < -0.3 is 10.1 Å². The highest BCUT2D eigenvalue weighted by atomic mass is 16.5. The summed E-state index contributed by atoms with van der Waals surface area (Å²) in [6.07, 6.45) is 4.94. The summed E-state index contributed by atoms with van der Waals surface area (Å²) in [6.45, 7) is 8.78. The lowest BCUT2D eigenvalue weighted by Gasteiger charge is -2.30. The van der Waals surface area contributed by atoms with Gasteiger partial charge in [0.1, 0.15) is 0 Å². The zero-order valence-electron chi connectivity index (χ0n) is 9.88. The van der Waals surface area contributed by atoms with Crippen molar-refractivity contribution in [3.05, 3.63) is 0 Å². The zero-order valence-corrected chi connectivity index (χ0v) is 9.88. The van der Waals surface area contributed by atoms with Crippen LogP contribution >= 0.6 is 0 Å². The van der Waals surface area contributed by atoms with Gasteiger partial charge in [0, 0.05) is 25.3 Å². The molecule has 0 spiro atoms. The summed E-state index contributed by atoms with van der Waals surface area (Å²) < 4.78 is 5.35. The first-order valence-corrected chi connectivity index (χ1v) is 6.11. The van der Waals surface area contributed by atoms with E-state index in [0.29, 0.717) is 12.1 Å². The predicted octanol–water partition coefficient (Wildman–Crippen LogP) is 2.58. The van der Waals surface area contributed by atoms with E-state index in [-0.39, 0.29) is 0 Å². The summed E-state index contributed by atoms with van der Waals surface area (Å²) in [7, 11) is 0. The van der Waals surface area contributed by atoms with Crippen molar-refractivity contribution in [3.63, 3.8) is 0 Å². The molecule has 0 aromatic heterocycles. The summed E-state index contributed by atoms with van der Waals surface area (Å²) in [5, 5.41) is 3.74. The molecule has 84 valence electrons. The quantitative estimate of drug-likeness (QED) is 0.735. The molecular formula is C12H25NO. The lowest BCUT2D eigenvalue weighted by atomic mass is 9.94. The van der Waals surface area contributed by atoms with E-state index in [4.69, 9.17) is 4.74 Å². The molecule has 0 bridgehead atoms. The third-order valence-corrected chi connectivity index (χ3v) is 3.48. The van der Waals surface area contributed by atoms with E-state index in [1.54, 1.807) is 0 Å². The third kappa shape index (κ3) is 3.58. The minimum Gasteiger partial charge on any atom is -0.381 e. The highest BCUT2D eigenvalue weighted by Gasteiger charge is 2.19. The van der Waals surface area contributed by atoms with Crippen molar-refractivity contribution in [3.8, 4) is 0 Å². The van der Waals surface area contributed by atoms with Crippen LogP contribution in [0.4, 0.5) is 0 Å².